The van der Waals surface area contributed by atoms with Crippen LogP contribution in [-0.2, 0) is 11.2 Å². The number of carbonyl (C=O) groups is 1. The van der Waals surface area contributed by atoms with E-state index in [4.69, 9.17) is 9.72 Å². The molecule has 1 atom stereocenters. The molecule has 2 fully saturated rings. The zero-order valence-corrected chi connectivity index (χ0v) is 25.9. The van der Waals surface area contributed by atoms with Crippen molar-refractivity contribution in [1.29, 1.82) is 0 Å². The Morgan fingerprint density at radius 3 is 2.60 bits per heavy atom. The number of anilines is 1. The zero-order chi connectivity index (χ0) is 30.1. The van der Waals surface area contributed by atoms with Gasteiger partial charge in [-0.3, -0.25) is 9.88 Å². The number of imidazole rings is 1. The number of nitrogens with one attached hydrogen (secondary N) is 1. The molecule has 0 spiro atoms. The van der Waals surface area contributed by atoms with E-state index in [2.05, 4.69) is 74.0 Å². The predicted molar refractivity (Wildman–Crippen MR) is 168 cm³/mol. The van der Waals surface area contributed by atoms with Crippen molar-refractivity contribution in [2.45, 2.75) is 58.6 Å². The number of fused-ring (bicyclic) bond motifs is 1. The van der Waals surface area contributed by atoms with E-state index in [0.29, 0.717) is 19.5 Å². The van der Waals surface area contributed by atoms with Crippen LogP contribution in [0.15, 0.2) is 48.9 Å². The molecular formula is C33H42N8O2. The highest BCUT2D eigenvalue weighted by Gasteiger charge is 2.28. The number of piperazine rings is 1. The number of hydrogen-bond donors (Lipinski definition) is 1. The van der Waals surface area contributed by atoms with Crippen LogP contribution < -0.4 is 4.90 Å². The van der Waals surface area contributed by atoms with E-state index < -0.39 is 5.60 Å². The van der Waals surface area contributed by atoms with Crippen LogP contribution in [-0.4, -0.2) is 86.2 Å². The normalized spacial score (nSPS) is 16.8. The van der Waals surface area contributed by atoms with E-state index in [1.165, 1.54) is 18.4 Å². The topological polar surface area (TPSA) is 103 Å². The van der Waals surface area contributed by atoms with Gasteiger partial charge < -0.3 is 19.5 Å². The maximum atomic E-state index is 12.5. The van der Waals surface area contributed by atoms with Gasteiger partial charge in [-0.15, -0.1) is 0 Å². The first-order valence-electron chi connectivity index (χ1n) is 15.3. The Labute approximate surface area is 253 Å². The van der Waals surface area contributed by atoms with E-state index in [0.717, 1.165) is 65.2 Å². The fourth-order valence-corrected chi connectivity index (χ4v) is 5.65. The smallest absolute Gasteiger partial charge is 0.410 e. The maximum absolute atomic E-state index is 12.5. The second kappa shape index (κ2) is 11.9. The summed E-state index contributed by atoms with van der Waals surface area (Å²) >= 11 is 0. The minimum absolute atomic E-state index is 0.210. The van der Waals surface area contributed by atoms with Crippen LogP contribution in [0, 0.1) is 5.92 Å². The summed E-state index contributed by atoms with van der Waals surface area (Å²) in [5.74, 6) is 2.62. The number of aromatic amines is 1. The van der Waals surface area contributed by atoms with E-state index >= 15 is 0 Å². The Bertz CT molecular complexity index is 1580. The first-order chi connectivity index (χ1) is 20.6. The summed E-state index contributed by atoms with van der Waals surface area (Å²) in [6, 6.07) is 12.8. The van der Waals surface area contributed by atoms with Crippen molar-refractivity contribution in [3.63, 3.8) is 0 Å². The monoisotopic (exact) mass is 582 g/mol. The Morgan fingerprint density at radius 2 is 1.86 bits per heavy atom. The molecule has 1 saturated carbocycles. The van der Waals surface area contributed by atoms with Crippen LogP contribution in [0.2, 0.25) is 0 Å². The summed E-state index contributed by atoms with van der Waals surface area (Å²) in [6.45, 7) is 11.9. The standard InChI is InChI=1S/C33H42N8O2/c1-22(40-12-14-41(15-13-40)32(42)43-33(2,3)4)24-10-11-34-26(16-24)18-30-37-27-9-8-25(17-29(27)38-30)28-19-31(36-21-35-28)39(5)20-23-6-7-23/h8-11,16-17,19,21-23H,6-7,12-15,18,20H2,1-5H3,(H,37,38). The fraction of sp³-hybridized carbons (Fsp3) is 0.485. The second-order valence-corrected chi connectivity index (χ2v) is 12.9. The molecule has 10 nitrogen and oxygen atoms in total. The molecule has 43 heavy (non-hydrogen) atoms. The number of ether oxygens (including phenoxy) is 1. The number of nitrogens with zero attached hydrogens (tertiary/aromatic N) is 7. The minimum Gasteiger partial charge on any atom is -0.444 e. The van der Waals surface area contributed by atoms with Crippen molar-refractivity contribution in [3.8, 4) is 11.3 Å². The van der Waals surface area contributed by atoms with Gasteiger partial charge in [0.15, 0.2) is 0 Å². The van der Waals surface area contributed by atoms with E-state index in [1.807, 2.05) is 33.0 Å². The summed E-state index contributed by atoms with van der Waals surface area (Å²) in [5.41, 5.74) is 5.53. The van der Waals surface area contributed by atoms with Crippen LogP contribution >= 0.6 is 0 Å². The first-order valence-corrected chi connectivity index (χ1v) is 15.3. The molecule has 1 unspecified atom stereocenters. The number of aromatic nitrogens is 5. The van der Waals surface area contributed by atoms with Gasteiger partial charge in [0.25, 0.3) is 0 Å². The summed E-state index contributed by atoms with van der Waals surface area (Å²) in [7, 11) is 2.10. The summed E-state index contributed by atoms with van der Waals surface area (Å²) in [5, 5.41) is 0. The van der Waals surface area contributed by atoms with E-state index in [1.54, 1.807) is 11.2 Å². The molecule has 1 amide bonds. The van der Waals surface area contributed by atoms with Gasteiger partial charge in [-0.25, -0.2) is 19.7 Å². The molecule has 1 aliphatic carbocycles. The fourth-order valence-electron chi connectivity index (χ4n) is 5.65. The van der Waals surface area contributed by atoms with Gasteiger partial charge in [0.05, 0.1) is 16.7 Å². The highest BCUT2D eigenvalue weighted by Crippen LogP contribution is 2.31. The molecule has 4 heterocycles. The molecule has 1 saturated heterocycles. The third-order valence-electron chi connectivity index (χ3n) is 8.28. The predicted octanol–water partition coefficient (Wildman–Crippen LogP) is 5.47. The largest absolute Gasteiger partial charge is 0.444 e. The summed E-state index contributed by atoms with van der Waals surface area (Å²) in [4.78, 5) is 40.9. The Balaban J connectivity index is 1.10. The molecule has 1 aliphatic heterocycles. The van der Waals surface area contributed by atoms with Crippen LogP contribution in [0.4, 0.5) is 10.6 Å². The van der Waals surface area contributed by atoms with Gasteiger partial charge in [-0.1, -0.05) is 6.07 Å². The van der Waals surface area contributed by atoms with Crippen molar-refractivity contribution < 1.29 is 9.53 Å². The lowest BCUT2D eigenvalue weighted by molar-refractivity contribution is 0.0110. The highest BCUT2D eigenvalue weighted by molar-refractivity contribution is 5.81. The first kappa shape index (κ1) is 29.0. The lowest BCUT2D eigenvalue weighted by atomic mass is 10.1. The Morgan fingerprint density at radius 1 is 1.07 bits per heavy atom. The molecule has 1 aromatic carbocycles. The number of rotatable bonds is 8. The number of H-pyrrole nitrogens is 1. The van der Waals surface area contributed by atoms with Gasteiger partial charge in [0.2, 0.25) is 0 Å². The minimum atomic E-state index is -0.482. The van der Waals surface area contributed by atoms with Crippen molar-refractivity contribution in [2.24, 2.45) is 5.92 Å². The highest BCUT2D eigenvalue weighted by atomic mass is 16.6. The third kappa shape index (κ3) is 7.13. The average molecular weight is 583 g/mol. The summed E-state index contributed by atoms with van der Waals surface area (Å²) < 4.78 is 5.55. The maximum Gasteiger partial charge on any atom is 0.410 e. The molecule has 3 aromatic heterocycles. The van der Waals surface area contributed by atoms with Gasteiger partial charge in [-0.05, 0) is 76.3 Å². The van der Waals surface area contributed by atoms with Crippen molar-refractivity contribution in [1.82, 2.24) is 34.7 Å². The Kier molecular flexibility index (Phi) is 8.05. The van der Waals surface area contributed by atoms with Crippen LogP contribution in [0.1, 0.15) is 63.7 Å². The number of pyridine rings is 1. The summed E-state index contributed by atoms with van der Waals surface area (Å²) in [6.07, 6.45) is 6.54. The zero-order valence-electron chi connectivity index (χ0n) is 25.9. The van der Waals surface area contributed by atoms with Crippen molar-refractivity contribution in [2.75, 3.05) is 44.7 Å². The molecule has 226 valence electrons. The van der Waals surface area contributed by atoms with Gasteiger partial charge in [0.1, 0.15) is 23.6 Å². The third-order valence-corrected chi connectivity index (χ3v) is 8.28. The van der Waals surface area contributed by atoms with Gasteiger partial charge in [0, 0.05) is 75.8 Å². The molecular weight excluding hydrogens is 540 g/mol. The van der Waals surface area contributed by atoms with E-state index in [-0.39, 0.29) is 12.1 Å². The molecule has 1 N–H and O–H groups in total. The lowest BCUT2D eigenvalue weighted by Crippen LogP contribution is -2.50. The number of benzene rings is 1. The average Bonchev–Trinajstić information content (AvgIpc) is 3.72. The number of amides is 1. The van der Waals surface area contributed by atoms with Crippen molar-refractivity contribution in [3.05, 3.63) is 66.0 Å². The SMILES string of the molecule is CC(c1ccnc(Cc2nc3ccc(-c4cc(N(C)CC5CC5)ncn4)cc3[nH]2)c1)N1CCN(C(=O)OC(C)(C)C)CC1. The molecule has 0 radical (unpaired) electrons. The molecule has 6 rings (SSSR count). The van der Waals surface area contributed by atoms with Crippen LogP contribution in [0.25, 0.3) is 22.3 Å². The molecule has 10 heteroatoms. The van der Waals surface area contributed by atoms with Crippen LogP contribution in [0.3, 0.4) is 0 Å². The van der Waals surface area contributed by atoms with Gasteiger partial charge in [-0.2, -0.15) is 0 Å². The quantitative estimate of drug-likeness (QED) is 0.292. The van der Waals surface area contributed by atoms with Crippen molar-refractivity contribution >= 4 is 22.9 Å². The molecule has 0 bridgehead atoms. The molecule has 4 aromatic rings. The van der Waals surface area contributed by atoms with Gasteiger partial charge >= 0.3 is 6.09 Å². The molecule has 2 aliphatic rings. The number of carbonyl (C=O) groups excluding carboxylic acids is 1. The Hall–Kier alpha value is -4.05. The lowest BCUT2D eigenvalue weighted by Gasteiger charge is -2.38. The number of hydrogen-bond acceptors (Lipinski definition) is 8. The van der Waals surface area contributed by atoms with Crippen LogP contribution in [0.5, 0.6) is 0 Å². The van der Waals surface area contributed by atoms with E-state index in [9.17, 15) is 4.79 Å². The second-order valence-electron chi connectivity index (χ2n) is 12.9.